The third-order valence-corrected chi connectivity index (χ3v) is 3.32. The highest BCUT2D eigenvalue weighted by Crippen LogP contribution is 2.29. The number of ketones is 1. The van der Waals surface area contributed by atoms with Crippen molar-refractivity contribution in [2.45, 2.75) is 12.5 Å². The minimum atomic E-state index is -0.944. The van der Waals surface area contributed by atoms with Crippen molar-refractivity contribution in [1.82, 2.24) is 0 Å². The van der Waals surface area contributed by atoms with Crippen LogP contribution >= 0.6 is 11.8 Å². The first kappa shape index (κ1) is 11.4. The van der Waals surface area contributed by atoms with Gasteiger partial charge in [0.05, 0.1) is 0 Å². The van der Waals surface area contributed by atoms with Gasteiger partial charge in [0, 0.05) is 17.7 Å². The van der Waals surface area contributed by atoms with E-state index in [1.807, 2.05) is 0 Å². The Labute approximate surface area is 97.2 Å². The van der Waals surface area contributed by atoms with E-state index in [1.54, 1.807) is 5.41 Å². The smallest absolute Gasteiger partial charge is 0.163 e. The summed E-state index contributed by atoms with van der Waals surface area (Å²) in [6.45, 7) is 0. The fourth-order valence-corrected chi connectivity index (χ4v) is 2.41. The molecule has 1 N–H and O–H groups in total. The summed E-state index contributed by atoms with van der Waals surface area (Å²) >= 11 is 1.52. The minimum Gasteiger partial charge on any atom is -0.384 e. The molecule has 0 saturated heterocycles. The summed E-state index contributed by atoms with van der Waals surface area (Å²) < 4.78 is 12.7. The maximum Gasteiger partial charge on any atom is 0.163 e. The number of Topliss-reactive ketones (excluding diaryl/α,β-unsaturated/α-hetero) is 1. The highest BCUT2D eigenvalue weighted by Gasteiger charge is 2.22. The highest BCUT2D eigenvalue weighted by atomic mass is 32.2. The van der Waals surface area contributed by atoms with Crippen LogP contribution in [-0.2, 0) is 4.79 Å². The third-order valence-electron chi connectivity index (χ3n) is 2.46. The van der Waals surface area contributed by atoms with E-state index in [1.165, 1.54) is 36.0 Å². The molecule has 0 radical (unpaired) electrons. The number of hydrogen-bond donors (Lipinski definition) is 1. The number of aliphatic hydroxyl groups excluding tert-OH is 1. The van der Waals surface area contributed by atoms with Gasteiger partial charge in [-0.1, -0.05) is 12.1 Å². The lowest BCUT2D eigenvalue weighted by Crippen LogP contribution is -2.14. The molecule has 1 aliphatic heterocycles. The summed E-state index contributed by atoms with van der Waals surface area (Å²) in [5.74, 6) is 0.378. The van der Waals surface area contributed by atoms with Crippen LogP contribution in [0.4, 0.5) is 4.39 Å². The van der Waals surface area contributed by atoms with Crippen LogP contribution in [0.2, 0.25) is 0 Å². The second-order valence-electron chi connectivity index (χ2n) is 3.57. The van der Waals surface area contributed by atoms with Crippen LogP contribution in [-0.4, -0.2) is 16.6 Å². The van der Waals surface area contributed by atoms with Crippen molar-refractivity contribution in [3.63, 3.8) is 0 Å². The predicted octanol–water partition coefficient (Wildman–Crippen LogP) is 2.45. The molecule has 4 heteroatoms. The van der Waals surface area contributed by atoms with Gasteiger partial charge < -0.3 is 5.11 Å². The zero-order chi connectivity index (χ0) is 11.5. The molecule has 1 aromatic rings. The van der Waals surface area contributed by atoms with Gasteiger partial charge in [0.1, 0.15) is 11.9 Å². The highest BCUT2D eigenvalue weighted by molar-refractivity contribution is 8.02. The number of rotatable bonds is 2. The van der Waals surface area contributed by atoms with Gasteiger partial charge in [-0.15, -0.1) is 11.8 Å². The van der Waals surface area contributed by atoms with E-state index >= 15 is 0 Å². The number of carbonyl (C=O) groups is 1. The molecule has 0 aromatic heterocycles. The first-order chi connectivity index (χ1) is 7.68. The molecule has 2 nitrogen and oxygen atoms in total. The third kappa shape index (κ3) is 2.33. The fraction of sp³-hybridized carbons (Fsp3) is 0.250. The van der Waals surface area contributed by atoms with E-state index in [9.17, 15) is 14.3 Å². The number of halogens is 1. The molecule has 0 spiro atoms. The fourth-order valence-electron chi connectivity index (χ4n) is 1.55. The molecule has 1 atom stereocenters. The second kappa shape index (κ2) is 4.80. The standard InChI is InChI=1S/C12H11FO2S/c13-9-3-1-8(2-4-9)12(15)10-7-16-6-5-11(10)14/h1-4,7,12,15H,5-6H2. The maximum atomic E-state index is 12.7. The SMILES string of the molecule is O=C1CCSC=C1C(O)c1ccc(F)cc1. The molecule has 1 unspecified atom stereocenters. The summed E-state index contributed by atoms with van der Waals surface area (Å²) in [4.78, 5) is 11.6. The zero-order valence-corrected chi connectivity index (χ0v) is 9.34. The summed E-state index contributed by atoms with van der Waals surface area (Å²) in [5, 5.41) is 11.7. The van der Waals surface area contributed by atoms with Crippen molar-refractivity contribution in [3.05, 3.63) is 46.6 Å². The van der Waals surface area contributed by atoms with Crippen LogP contribution in [0.15, 0.2) is 35.2 Å². The summed E-state index contributed by atoms with van der Waals surface area (Å²) in [6.07, 6.45) is -0.490. The predicted molar refractivity (Wildman–Crippen MR) is 61.5 cm³/mol. The van der Waals surface area contributed by atoms with Crippen molar-refractivity contribution < 1.29 is 14.3 Å². The van der Waals surface area contributed by atoms with Crippen molar-refractivity contribution in [2.75, 3.05) is 5.75 Å². The van der Waals surface area contributed by atoms with E-state index in [2.05, 4.69) is 0 Å². The van der Waals surface area contributed by atoms with Gasteiger partial charge in [-0.25, -0.2) is 4.39 Å². The number of thioether (sulfide) groups is 1. The van der Waals surface area contributed by atoms with Crippen LogP contribution in [0.5, 0.6) is 0 Å². The van der Waals surface area contributed by atoms with Crippen molar-refractivity contribution in [3.8, 4) is 0 Å². The molecule has 0 aliphatic carbocycles. The molecular weight excluding hydrogens is 227 g/mol. The molecule has 0 saturated carbocycles. The van der Waals surface area contributed by atoms with Gasteiger partial charge in [0.15, 0.2) is 5.78 Å². The maximum absolute atomic E-state index is 12.7. The van der Waals surface area contributed by atoms with Gasteiger partial charge in [0.25, 0.3) is 0 Å². The lowest BCUT2D eigenvalue weighted by Gasteiger charge is -2.17. The van der Waals surface area contributed by atoms with E-state index in [-0.39, 0.29) is 11.6 Å². The molecule has 1 heterocycles. The Kier molecular flexibility index (Phi) is 3.41. The van der Waals surface area contributed by atoms with E-state index in [0.29, 0.717) is 17.6 Å². The molecule has 0 amide bonds. The molecule has 84 valence electrons. The average Bonchev–Trinajstić information content (AvgIpc) is 2.30. The average molecular weight is 238 g/mol. The topological polar surface area (TPSA) is 37.3 Å². The second-order valence-corrected chi connectivity index (χ2v) is 4.55. The van der Waals surface area contributed by atoms with Crippen LogP contribution < -0.4 is 0 Å². The first-order valence-electron chi connectivity index (χ1n) is 4.97. The number of carbonyl (C=O) groups excluding carboxylic acids is 1. The van der Waals surface area contributed by atoms with Gasteiger partial charge in [0.2, 0.25) is 0 Å². The summed E-state index contributed by atoms with van der Waals surface area (Å²) in [7, 11) is 0. The molecule has 16 heavy (non-hydrogen) atoms. The zero-order valence-electron chi connectivity index (χ0n) is 8.52. The van der Waals surface area contributed by atoms with Crippen molar-refractivity contribution in [2.24, 2.45) is 0 Å². The molecule has 1 aliphatic rings. The Bertz CT molecular complexity index is 425. The van der Waals surface area contributed by atoms with Gasteiger partial charge in [-0.05, 0) is 23.1 Å². The Hall–Kier alpha value is -1.13. The van der Waals surface area contributed by atoms with Crippen molar-refractivity contribution >= 4 is 17.5 Å². The van der Waals surface area contributed by atoms with Crippen molar-refractivity contribution in [1.29, 1.82) is 0 Å². The normalized spacial score (nSPS) is 18.1. The Morgan fingerprint density at radius 2 is 2.00 bits per heavy atom. The van der Waals surface area contributed by atoms with E-state index in [4.69, 9.17) is 0 Å². The number of benzene rings is 1. The van der Waals surface area contributed by atoms with Crippen LogP contribution in [0.1, 0.15) is 18.1 Å². The van der Waals surface area contributed by atoms with Gasteiger partial charge in [-0.2, -0.15) is 0 Å². The largest absolute Gasteiger partial charge is 0.384 e. The molecule has 1 aromatic carbocycles. The Morgan fingerprint density at radius 1 is 1.31 bits per heavy atom. The monoisotopic (exact) mass is 238 g/mol. The van der Waals surface area contributed by atoms with Crippen LogP contribution in [0.3, 0.4) is 0 Å². The minimum absolute atomic E-state index is 0.0319. The molecule has 2 rings (SSSR count). The number of aliphatic hydroxyl groups is 1. The van der Waals surface area contributed by atoms with Gasteiger partial charge >= 0.3 is 0 Å². The summed E-state index contributed by atoms with van der Waals surface area (Å²) in [5.41, 5.74) is 0.950. The molecule has 0 fully saturated rings. The molecule has 0 bridgehead atoms. The summed E-state index contributed by atoms with van der Waals surface area (Å²) in [6, 6.07) is 5.54. The van der Waals surface area contributed by atoms with Gasteiger partial charge in [-0.3, -0.25) is 4.79 Å². The first-order valence-corrected chi connectivity index (χ1v) is 6.02. The van der Waals surface area contributed by atoms with E-state index < -0.39 is 6.10 Å². The lowest BCUT2D eigenvalue weighted by atomic mass is 9.98. The Balaban J connectivity index is 2.24. The Morgan fingerprint density at radius 3 is 2.62 bits per heavy atom. The van der Waals surface area contributed by atoms with Crippen LogP contribution in [0, 0.1) is 5.82 Å². The molecular formula is C12H11FO2S. The van der Waals surface area contributed by atoms with Crippen LogP contribution in [0.25, 0.3) is 0 Å². The number of hydrogen-bond acceptors (Lipinski definition) is 3. The van der Waals surface area contributed by atoms with E-state index in [0.717, 1.165) is 5.75 Å². The quantitative estimate of drug-likeness (QED) is 0.860. The lowest BCUT2D eigenvalue weighted by molar-refractivity contribution is -0.116.